The minimum absolute atomic E-state index is 1.07. The Balaban J connectivity index is 1.57. The molecule has 7 aromatic rings. The molecule has 7 rings (SSSR count). The predicted octanol–water partition coefficient (Wildman–Crippen LogP) is 9.91. The molecule has 0 saturated heterocycles. The molecule has 0 amide bonds. The second-order valence-corrected chi connectivity index (χ2v) is 10.2. The van der Waals surface area contributed by atoms with Crippen molar-refractivity contribution in [2.75, 3.05) is 0 Å². The first-order valence-corrected chi connectivity index (χ1v) is 13.1. The molecule has 1 heterocycles. The molecule has 0 unspecified atom stereocenters. The van der Waals surface area contributed by atoms with Gasteiger partial charge in [0.05, 0.1) is 10.2 Å². The first-order chi connectivity index (χ1) is 17.8. The summed E-state index contributed by atoms with van der Waals surface area (Å²) in [5, 5.41) is 6.09. The molecule has 0 aliphatic heterocycles. The van der Waals surface area contributed by atoms with E-state index in [1.54, 1.807) is 11.3 Å². The van der Waals surface area contributed by atoms with E-state index in [1.165, 1.54) is 59.6 Å². The van der Waals surface area contributed by atoms with Gasteiger partial charge in [-0.2, -0.15) is 0 Å². The second-order valence-electron chi connectivity index (χ2n) is 9.23. The van der Waals surface area contributed by atoms with Gasteiger partial charge in [-0.1, -0.05) is 121 Å². The van der Waals surface area contributed by atoms with E-state index in [-0.39, 0.29) is 0 Å². The minimum atomic E-state index is 1.07. The topological polar surface area (TPSA) is 12.9 Å². The Labute approximate surface area is 214 Å². The smallest absolute Gasteiger partial charge is 0.124 e. The van der Waals surface area contributed by atoms with Gasteiger partial charge < -0.3 is 0 Å². The van der Waals surface area contributed by atoms with E-state index >= 15 is 0 Å². The van der Waals surface area contributed by atoms with E-state index in [1.807, 2.05) is 0 Å². The Bertz CT molecular complexity index is 1780. The quantitative estimate of drug-likeness (QED) is 0.247. The number of nitrogens with zero attached hydrogens (tertiary/aromatic N) is 1. The zero-order chi connectivity index (χ0) is 24.1. The van der Waals surface area contributed by atoms with E-state index < -0.39 is 0 Å². The molecule has 0 aliphatic rings. The van der Waals surface area contributed by atoms with Gasteiger partial charge in [-0.25, -0.2) is 4.98 Å². The van der Waals surface area contributed by atoms with Crippen LogP contribution in [0.3, 0.4) is 0 Å². The van der Waals surface area contributed by atoms with Crippen molar-refractivity contribution in [3.63, 3.8) is 0 Å². The van der Waals surface area contributed by atoms with Crippen molar-refractivity contribution in [2.45, 2.75) is 6.92 Å². The summed E-state index contributed by atoms with van der Waals surface area (Å²) >= 11 is 1.80. The Morgan fingerprint density at radius 1 is 0.472 bits per heavy atom. The average molecular weight is 478 g/mol. The first-order valence-electron chi connectivity index (χ1n) is 12.2. The van der Waals surface area contributed by atoms with Crippen molar-refractivity contribution < 1.29 is 0 Å². The third-order valence-corrected chi connectivity index (χ3v) is 8.20. The highest BCUT2D eigenvalue weighted by atomic mass is 32.1. The Kier molecular flexibility index (Phi) is 4.93. The highest BCUT2D eigenvalue weighted by molar-refractivity contribution is 7.22. The molecule has 0 bridgehead atoms. The lowest BCUT2D eigenvalue weighted by molar-refractivity contribution is 1.41. The summed E-state index contributed by atoms with van der Waals surface area (Å²) in [7, 11) is 0. The molecule has 170 valence electrons. The maximum absolute atomic E-state index is 5.31. The summed E-state index contributed by atoms with van der Waals surface area (Å²) < 4.78 is 1.23. The number of hydrogen-bond acceptors (Lipinski definition) is 2. The maximum atomic E-state index is 5.31. The van der Waals surface area contributed by atoms with Crippen LogP contribution in [0.25, 0.3) is 64.6 Å². The molecule has 6 aromatic carbocycles. The van der Waals surface area contributed by atoms with Gasteiger partial charge in [-0.15, -0.1) is 11.3 Å². The number of benzene rings is 6. The summed E-state index contributed by atoms with van der Waals surface area (Å²) in [4.78, 5) is 5.31. The van der Waals surface area contributed by atoms with E-state index in [2.05, 4.69) is 128 Å². The summed E-state index contributed by atoms with van der Waals surface area (Å²) in [6, 6.07) is 43.5. The molecule has 36 heavy (non-hydrogen) atoms. The van der Waals surface area contributed by atoms with Gasteiger partial charge in [-0.05, 0) is 45.2 Å². The molecule has 0 fully saturated rings. The first kappa shape index (κ1) is 21.0. The fourth-order valence-corrected chi connectivity index (χ4v) is 6.49. The van der Waals surface area contributed by atoms with Crippen LogP contribution in [0.2, 0.25) is 0 Å². The normalized spacial score (nSPS) is 11.5. The van der Waals surface area contributed by atoms with Crippen molar-refractivity contribution >= 4 is 43.1 Å². The van der Waals surface area contributed by atoms with Crippen LogP contribution in [-0.2, 0) is 0 Å². The van der Waals surface area contributed by atoms with Gasteiger partial charge in [0.25, 0.3) is 0 Å². The Morgan fingerprint density at radius 2 is 1.00 bits per heavy atom. The number of hydrogen-bond donors (Lipinski definition) is 0. The summed E-state index contributed by atoms with van der Waals surface area (Å²) in [5.74, 6) is 0. The largest absolute Gasteiger partial charge is 0.235 e. The molecule has 2 heteroatoms. The van der Waals surface area contributed by atoms with Crippen LogP contribution in [0.1, 0.15) is 5.56 Å². The van der Waals surface area contributed by atoms with Crippen LogP contribution in [-0.4, -0.2) is 4.98 Å². The molecule has 0 N–H and O–H groups in total. The van der Waals surface area contributed by atoms with Crippen LogP contribution < -0.4 is 0 Å². The monoisotopic (exact) mass is 477 g/mol. The van der Waals surface area contributed by atoms with Crippen molar-refractivity contribution in [2.24, 2.45) is 0 Å². The van der Waals surface area contributed by atoms with Crippen molar-refractivity contribution in [3.05, 3.63) is 127 Å². The van der Waals surface area contributed by atoms with Crippen LogP contribution in [0.15, 0.2) is 121 Å². The van der Waals surface area contributed by atoms with E-state index in [4.69, 9.17) is 4.98 Å². The molecule has 0 aliphatic carbocycles. The number of fused-ring (bicyclic) bond motifs is 3. The summed E-state index contributed by atoms with van der Waals surface area (Å²) in [6.45, 7) is 2.17. The molecule has 1 aromatic heterocycles. The van der Waals surface area contributed by atoms with Gasteiger partial charge >= 0.3 is 0 Å². The van der Waals surface area contributed by atoms with Crippen LogP contribution in [0.4, 0.5) is 0 Å². The average Bonchev–Trinajstić information content (AvgIpc) is 3.38. The fourth-order valence-electron chi connectivity index (χ4n) is 5.28. The lowest BCUT2D eigenvalue weighted by atomic mass is 9.93. The highest BCUT2D eigenvalue weighted by Crippen LogP contribution is 2.44. The molecule has 0 atom stereocenters. The molecular weight excluding hydrogens is 454 g/mol. The zero-order valence-electron chi connectivity index (χ0n) is 19.9. The zero-order valence-corrected chi connectivity index (χ0v) is 20.7. The van der Waals surface area contributed by atoms with Crippen molar-refractivity contribution in [1.82, 2.24) is 4.98 Å². The molecule has 0 spiro atoms. The lowest BCUT2D eigenvalue weighted by Gasteiger charge is -2.12. The van der Waals surface area contributed by atoms with Crippen molar-refractivity contribution in [1.29, 1.82) is 0 Å². The third-order valence-electron chi connectivity index (χ3n) is 7.08. The van der Waals surface area contributed by atoms with Crippen molar-refractivity contribution in [3.8, 4) is 32.8 Å². The van der Waals surface area contributed by atoms with Gasteiger partial charge in [-0.3, -0.25) is 0 Å². The third kappa shape index (κ3) is 3.34. The number of thiazole rings is 1. The number of rotatable bonds is 3. The van der Waals surface area contributed by atoms with E-state index in [9.17, 15) is 0 Å². The summed E-state index contributed by atoms with van der Waals surface area (Å²) in [6.07, 6.45) is 0. The van der Waals surface area contributed by atoms with E-state index in [0.29, 0.717) is 0 Å². The Hall–Kier alpha value is -4.27. The summed E-state index contributed by atoms with van der Waals surface area (Å²) in [5.41, 5.74) is 8.42. The van der Waals surface area contributed by atoms with Gasteiger partial charge in [0.2, 0.25) is 0 Å². The van der Waals surface area contributed by atoms with Crippen LogP contribution in [0, 0.1) is 6.92 Å². The molecule has 0 radical (unpaired) electrons. The number of aromatic nitrogens is 1. The fraction of sp³-hybridized carbons (Fsp3) is 0.0294. The standard InChI is InChI=1S/C34H23NS/c1-22-10-2-5-15-25(22)34-35-32-30(28-18-8-13-23-11-3-6-16-26(23)28)20-21-31(33(32)36-34)29-19-9-14-24-12-4-7-17-27(24)29/h2-21H,1H3. The molecular formula is C34H23NS. The van der Waals surface area contributed by atoms with Gasteiger partial charge in [0.15, 0.2) is 0 Å². The maximum Gasteiger partial charge on any atom is 0.124 e. The van der Waals surface area contributed by atoms with Gasteiger partial charge in [0.1, 0.15) is 5.01 Å². The van der Waals surface area contributed by atoms with Gasteiger partial charge in [0, 0.05) is 16.7 Å². The highest BCUT2D eigenvalue weighted by Gasteiger charge is 2.18. The van der Waals surface area contributed by atoms with Crippen LogP contribution >= 0.6 is 11.3 Å². The SMILES string of the molecule is Cc1ccccc1-c1nc2c(-c3cccc4ccccc34)ccc(-c3cccc4ccccc34)c2s1. The molecule has 1 nitrogen and oxygen atoms in total. The van der Waals surface area contributed by atoms with E-state index in [0.717, 1.165) is 10.5 Å². The minimum Gasteiger partial charge on any atom is -0.235 e. The predicted molar refractivity (Wildman–Crippen MR) is 156 cm³/mol. The van der Waals surface area contributed by atoms with Crippen LogP contribution in [0.5, 0.6) is 0 Å². The Morgan fingerprint density at radius 3 is 1.69 bits per heavy atom. The molecule has 0 saturated carbocycles. The second kappa shape index (κ2) is 8.44. The number of aryl methyl sites for hydroxylation is 1. The lowest BCUT2D eigenvalue weighted by Crippen LogP contribution is -1.87.